The number of hydrogen-bond donors (Lipinski definition) is 1. The molecule has 2 amide bonds. The molecular formula is C21H27N5O3. The van der Waals surface area contributed by atoms with Gasteiger partial charge in [0.15, 0.2) is 5.69 Å². The molecule has 2 heterocycles. The molecule has 0 radical (unpaired) electrons. The lowest BCUT2D eigenvalue weighted by molar-refractivity contribution is 0.0720. The van der Waals surface area contributed by atoms with Crippen molar-refractivity contribution in [3.8, 4) is 5.75 Å². The standard InChI is InChI=1S/C21H27N5O3/c1-29-17-9-7-16(8-10-17)19(27)22-21(11-3-2-4-12-21)26-15-18(23-24-26)20(28)25-13-5-6-14-25/h7-10,15H,2-6,11-14H2,1H3,(H,22,27). The topological polar surface area (TPSA) is 89.4 Å². The molecule has 0 unspecified atom stereocenters. The van der Waals surface area contributed by atoms with Crippen LogP contribution in [0.15, 0.2) is 30.5 Å². The first-order chi connectivity index (χ1) is 14.1. The van der Waals surface area contributed by atoms with Crippen LogP contribution < -0.4 is 10.1 Å². The second-order valence-electron chi connectivity index (χ2n) is 7.82. The zero-order chi connectivity index (χ0) is 20.3. The molecule has 8 heteroatoms. The van der Waals surface area contributed by atoms with Gasteiger partial charge in [-0.3, -0.25) is 9.59 Å². The van der Waals surface area contributed by atoms with Gasteiger partial charge in [0, 0.05) is 18.7 Å². The van der Waals surface area contributed by atoms with Gasteiger partial charge in [0.05, 0.1) is 13.3 Å². The van der Waals surface area contributed by atoms with Crippen LogP contribution in [-0.2, 0) is 5.66 Å². The summed E-state index contributed by atoms with van der Waals surface area (Å²) in [7, 11) is 1.60. The highest BCUT2D eigenvalue weighted by Gasteiger charge is 2.37. The second-order valence-corrected chi connectivity index (χ2v) is 7.82. The fraction of sp³-hybridized carbons (Fsp3) is 0.524. The Kier molecular flexibility index (Phi) is 5.51. The van der Waals surface area contributed by atoms with Crippen LogP contribution in [0.5, 0.6) is 5.75 Å². The van der Waals surface area contributed by atoms with Gasteiger partial charge in [-0.15, -0.1) is 5.10 Å². The number of amides is 2. The van der Waals surface area contributed by atoms with E-state index in [0.29, 0.717) is 17.0 Å². The molecule has 4 rings (SSSR count). The fourth-order valence-electron chi connectivity index (χ4n) is 4.23. The fourth-order valence-corrected chi connectivity index (χ4v) is 4.23. The van der Waals surface area contributed by atoms with Crippen molar-refractivity contribution in [2.24, 2.45) is 0 Å². The van der Waals surface area contributed by atoms with E-state index in [1.165, 1.54) is 0 Å². The van der Waals surface area contributed by atoms with Crippen molar-refractivity contribution >= 4 is 11.8 Å². The molecule has 1 aliphatic heterocycles. The number of aromatic nitrogens is 3. The summed E-state index contributed by atoms with van der Waals surface area (Å²) in [5.41, 5.74) is 0.242. The Morgan fingerprint density at radius 2 is 1.72 bits per heavy atom. The number of carbonyl (C=O) groups is 2. The summed E-state index contributed by atoms with van der Waals surface area (Å²) in [6.45, 7) is 1.54. The predicted molar refractivity (Wildman–Crippen MR) is 107 cm³/mol. The summed E-state index contributed by atoms with van der Waals surface area (Å²) in [5, 5.41) is 11.6. The molecule has 2 aliphatic rings. The predicted octanol–water partition coefficient (Wildman–Crippen LogP) is 2.57. The third-order valence-corrected chi connectivity index (χ3v) is 5.92. The van der Waals surface area contributed by atoms with Crippen LogP contribution in [0.2, 0.25) is 0 Å². The molecule has 2 fully saturated rings. The quantitative estimate of drug-likeness (QED) is 0.838. The minimum absolute atomic E-state index is 0.0822. The van der Waals surface area contributed by atoms with Gasteiger partial charge in [0.1, 0.15) is 11.4 Å². The van der Waals surface area contributed by atoms with Crippen LogP contribution in [-0.4, -0.2) is 51.9 Å². The molecule has 2 aromatic rings. The minimum Gasteiger partial charge on any atom is -0.497 e. The number of nitrogens with zero attached hydrogens (tertiary/aromatic N) is 4. The number of nitrogens with one attached hydrogen (secondary N) is 1. The van der Waals surface area contributed by atoms with Crippen molar-refractivity contribution in [3.63, 3.8) is 0 Å². The Morgan fingerprint density at radius 3 is 2.38 bits per heavy atom. The number of methoxy groups -OCH3 is 1. The summed E-state index contributed by atoms with van der Waals surface area (Å²) in [5.74, 6) is 0.453. The average molecular weight is 397 g/mol. The largest absolute Gasteiger partial charge is 0.497 e. The lowest BCUT2D eigenvalue weighted by Gasteiger charge is -2.37. The maximum atomic E-state index is 13.0. The van der Waals surface area contributed by atoms with E-state index in [-0.39, 0.29) is 11.8 Å². The van der Waals surface area contributed by atoms with Gasteiger partial charge in [-0.2, -0.15) is 0 Å². The number of rotatable bonds is 5. The Balaban J connectivity index is 1.56. The number of ether oxygens (including phenoxy) is 1. The van der Waals surface area contributed by atoms with Gasteiger partial charge in [-0.25, -0.2) is 4.68 Å². The molecule has 1 aromatic heterocycles. The molecule has 1 aliphatic carbocycles. The molecule has 29 heavy (non-hydrogen) atoms. The van der Waals surface area contributed by atoms with Gasteiger partial charge >= 0.3 is 0 Å². The van der Waals surface area contributed by atoms with Crippen LogP contribution in [0, 0.1) is 0 Å². The molecule has 1 N–H and O–H groups in total. The van der Waals surface area contributed by atoms with Gasteiger partial charge in [0.2, 0.25) is 0 Å². The van der Waals surface area contributed by atoms with E-state index < -0.39 is 5.66 Å². The Hall–Kier alpha value is -2.90. The highest BCUT2D eigenvalue weighted by molar-refractivity contribution is 5.94. The van der Waals surface area contributed by atoms with Crippen LogP contribution in [0.25, 0.3) is 0 Å². The molecule has 0 spiro atoms. The van der Waals surface area contributed by atoms with Crippen LogP contribution >= 0.6 is 0 Å². The summed E-state index contributed by atoms with van der Waals surface area (Å²) >= 11 is 0. The van der Waals surface area contributed by atoms with E-state index in [9.17, 15) is 9.59 Å². The molecule has 1 aromatic carbocycles. The SMILES string of the molecule is COc1ccc(C(=O)NC2(n3cc(C(=O)N4CCCC4)nn3)CCCCC2)cc1. The normalized spacial score (nSPS) is 18.4. The minimum atomic E-state index is -0.661. The Bertz CT molecular complexity index is 865. The lowest BCUT2D eigenvalue weighted by Crippen LogP contribution is -2.52. The van der Waals surface area contributed by atoms with E-state index in [0.717, 1.165) is 58.0 Å². The van der Waals surface area contributed by atoms with Gasteiger partial charge < -0.3 is 15.0 Å². The third kappa shape index (κ3) is 3.97. The van der Waals surface area contributed by atoms with Crippen molar-refractivity contribution in [1.82, 2.24) is 25.2 Å². The van der Waals surface area contributed by atoms with Crippen molar-refractivity contribution < 1.29 is 14.3 Å². The Morgan fingerprint density at radius 1 is 1.03 bits per heavy atom. The molecule has 0 atom stereocenters. The summed E-state index contributed by atoms with van der Waals surface area (Å²) in [6.07, 6.45) is 8.36. The monoisotopic (exact) mass is 397 g/mol. The number of benzene rings is 1. The molecular weight excluding hydrogens is 370 g/mol. The van der Waals surface area contributed by atoms with Crippen molar-refractivity contribution in [1.29, 1.82) is 0 Å². The lowest BCUT2D eigenvalue weighted by atomic mass is 9.88. The van der Waals surface area contributed by atoms with Crippen molar-refractivity contribution in [2.45, 2.75) is 50.6 Å². The smallest absolute Gasteiger partial charge is 0.276 e. The van der Waals surface area contributed by atoms with E-state index >= 15 is 0 Å². The maximum Gasteiger partial charge on any atom is 0.276 e. The van der Waals surface area contributed by atoms with Crippen molar-refractivity contribution in [3.05, 3.63) is 41.7 Å². The molecule has 8 nitrogen and oxygen atoms in total. The van der Waals surface area contributed by atoms with Gasteiger partial charge in [-0.1, -0.05) is 11.6 Å². The zero-order valence-corrected chi connectivity index (χ0v) is 16.8. The summed E-state index contributed by atoms with van der Waals surface area (Å²) in [6, 6.07) is 7.03. The third-order valence-electron chi connectivity index (χ3n) is 5.92. The van der Waals surface area contributed by atoms with Crippen LogP contribution in [0.1, 0.15) is 65.8 Å². The summed E-state index contributed by atoms with van der Waals surface area (Å²) in [4.78, 5) is 27.4. The molecule has 0 bridgehead atoms. The van der Waals surface area contributed by atoms with E-state index in [1.54, 1.807) is 42.3 Å². The van der Waals surface area contributed by atoms with Gasteiger partial charge in [0.25, 0.3) is 11.8 Å². The number of carbonyl (C=O) groups excluding carboxylic acids is 2. The summed E-state index contributed by atoms with van der Waals surface area (Å²) < 4.78 is 6.86. The first-order valence-corrected chi connectivity index (χ1v) is 10.3. The number of likely N-dealkylation sites (tertiary alicyclic amines) is 1. The molecule has 154 valence electrons. The first kappa shape index (κ1) is 19.4. The van der Waals surface area contributed by atoms with Crippen molar-refractivity contribution in [2.75, 3.05) is 20.2 Å². The highest BCUT2D eigenvalue weighted by atomic mass is 16.5. The Labute approximate surface area is 170 Å². The maximum absolute atomic E-state index is 13.0. The first-order valence-electron chi connectivity index (χ1n) is 10.3. The highest BCUT2D eigenvalue weighted by Crippen LogP contribution is 2.32. The molecule has 1 saturated carbocycles. The van der Waals surface area contributed by atoms with Crippen LogP contribution in [0.3, 0.4) is 0 Å². The van der Waals surface area contributed by atoms with E-state index in [1.807, 2.05) is 4.90 Å². The molecule has 1 saturated heterocycles. The van der Waals surface area contributed by atoms with E-state index in [4.69, 9.17) is 4.74 Å². The second kappa shape index (κ2) is 8.23. The van der Waals surface area contributed by atoms with Gasteiger partial charge in [-0.05, 0) is 62.8 Å². The number of hydrogen-bond acceptors (Lipinski definition) is 5. The average Bonchev–Trinajstić information content (AvgIpc) is 3.46. The zero-order valence-electron chi connectivity index (χ0n) is 16.8. The van der Waals surface area contributed by atoms with E-state index in [2.05, 4.69) is 15.6 Å². The van der Waals surface area contributed by atoms with Crippen LogP contribution in [0.4, 0.5) is 0 Å².